The van der Waals surface area contributed by atoms with Crippen LogP contribution in [-0.4, -0.2) is 5.78 Å². The molecule has 2 aromatic rings. The second-order valence-corrected chi connectivity index (χ2v) is 5.15. The molecule has 0 saturated heterocycles. The summed E-state index contributed by atoms with van der Waals surface area (Å²) in [5.74, 6) is -0.496. The van der Waals surface area contributed by atoms with Crippen LogP contribution in [0.25, 0.3) is 6.08 Å². The lowest BCUT2D eigenvalue weighted by molar-refractivity contribution is 0.104. The summed E-state index contributed by atoms with van der Waals surface area (Å²) < 4.78 is 14.2. The van der Waals surface area contributed by atoms with E-state index in [1.807, 2.05) is 19.1 Å². The quantitative estimate of drug-likeness (QED) is 0.587. The molecule has 0 amide bonds. The molecular formula is C16H12BrFO. The van der Waals surface area contributed by atoms with Crippen LogP contribution in [0.5, 0.6) is 0 Å². The molecule has 0 atom stereocenters. The van der Waals surface area contributed by atoms with Gasteiger partial charge < -0.3 is 0 Å². The van der Waals surface area contributed by atoms with Crippen molar-refractivity contribution in [2.45, 2.75) is 6.92 Å². The Labute approximate surface area is 119 Å². The predicted octanol–water partition coefficient (Wildman–Crippen LogP) is 4.79. The van der Waals surface area contributed by atoms with Gasteiger partial charge in [0.15, 0.2) is 5.78 Å². The second-order valence-electron chi connectivity index (χ2n) is 4.23. The summed E-state index contributed by atoms with van der Waals surface area (Å²) in [5, 5.41) is 0. The first-order chi connectivity index (χ1) is 9.06. The van der Waals surface area contributed by atoms with Crippen LogP contribution in [0.4, 0.5) is 4.39 Å². The minimum Gasteiger partial charge on any atom is -0.289 e. The molecule has 0 unspecified atom stereocenters. The zero-order valence-corrected chi connectivity index (χ0v) is 11.9. The summed E-state index contributed by atoms with van der Waals surface area (Å²) in [6.45, 7) is 1.96. The van der Waals surface area contributed by atoms with Crippen LogP contribution in [0.2, 0.25) is 0 Å². The first kappa shape index (κ1) is 13.7. The summed E-state index contributed by atoms with van der Waals surface area (Å²) in [4.78, 5) is 11.9. The molecule has 0 aliphatic heterocycles. The van der Waals surface area contributed by atoms with Crippen molar-refractivity contribution in [1.29, 1.82) is 0 Å². The Bertz CT molecular complexity index is 630. The van der Waals surface area contributed by atoms with Crippen molar-refractivity contribution < 1.29 is 9.18 Å². The largest absolute Gasteiger partial charge is 0.289 e. The summed E-state index contributed by atoms with van der Waals surface area (Å²) in [5.41, 5.74) is 2.09. The first-order valence-corrected chi connectivity index (χ1v) is 6.60. The Balaban J connectivity index is 2.18. The van der Waals surface area contributed by atoms with E-state index in [1.54, 1.807) is 24.3 Å². The average Bonchev–Trinajstić information content (AvgIpc) is 2.38. The van der Waals surface area contributed by atoms with Gasteiger partial charge in [0.2, 0.25) is 0 Å². The molecule has 0 aliphatic carbocycles. The van der Waals surface area contributed by atoms with E-state index in [0.717, 1.165) is 5.56 Å². The van der Waals surface area contributed by atoms with Crippen molar-refractivity contribution in [3.05, 3.63) is 75.5 Å². The van der Waals surface area contributed by atoms with Crippen LogP contribution in [0, 0.1) is 12.7 Å². The van der Waals surface area contributed by atoms with Crippen LogP contribution in [-0.2, 0) is 0 Å². The highest BCUT2D eigenvalue weighted by Gasteiger charge is 2.03. The smallest absolute Gasteiger partial charge is 0.185 e. The number of hydrogen-bond acceptors (Lipinski definition) is 1. The molecule has 0 radical (unpaired) electrons. The van der Waals surface area contributed by atoms with Gasteiger partial charge >= 0.3 is 0 Å². The number of rotatable bonds is 3. The predicted molar refractivity (Wildman–Crippen MR) is 78.6 cm³/mol. The molecule has 0 bridgehead atoms. The normalized spacial score (nSPS) is 10.9. The molecule has 0 fully saturated rings. The van der Waals surface area contributed by atoms with Crippen LogP contribution in [0.1, 0.15) is 21.5 Å². The number of aryl methyl sites for hydroxylation is 1. The SMILES string of the molecule is Cc1ccc(C(=O)C=Cc2ccc(Br)cc2F)cc1. The van der Waals surface area contributed by atoms with Crippen LogP contribution in [0.3, 0.4) is 0 Å². The maximum atomic E-state index is 13.6. The summed E-state index contributed by atoms with van der Waals surface area (Å²) >= 11 is 3.19. The summed E-state index contributed by atoms with van der Waals surface area (Å²) in [6, 6.07) is 12.0. The van der Waals surface area contributed by atoms with Gasteiger partial charge in [-0.1, -0.05) is 51.8 Å². The van der Waals surface area contributed by atoms with Gasteiger partial charge in [0.05, 0.1) is 0 Å². The van der Waals surface area contributed by atoms with Crippen LogP contribution >= 0.6 is 15.9 Å². The van der Waals surface area contributed by atoms with Gasteiger partial charge in [-0.3, -0.25) is 4.79 Å². The topological polar surface area (TPSA) is 17.1 Å². The number of carbonyl (C=O) groups excluding carboxylic acids is 1. The fraction of sp³-hybridized carbons (Fsp3) is 0.0625. The van der Waals surface area contributed by atoms with E-state index in [9.17, 15) is 9.18 Å². The van der Waals surface area contributed by atoms with Crippen LogP contribution < -0.4 is 0 Å². The molecule has 96 valence electrons. The van der Waals surface area contributed by atoms with E-state index in [1.165, 1.54) is 18.2 Å². The van der Waals surface area contributed by atoms with E-state index in [2.05, 4.69) is 15.9 Å². The highest BCUT2D eigenvalue weighted by atomic mass is 79.9. The lowest BCUT2D eigenvalue weighted by Crippen LogP contribution is -1.94. The van der Waals surface area contributed by atoms with Crippen molar-refractivity contribution in [1.82, 2.24) is 0 Å². The van der Waals surface area contributed by atoms with Gasteiger partial charge in [0.25, 0.3) is 0 Å². The van der Waals surface area contributed by atoms with Gasteiger partial charge in [-0.05, 0) is 31.2 Å². The fourth-order valence-electron chi connectivity index (χ4n) is 1.62. The molecule has 3 heteroatoms. The highest BCUT2D eigenvalue weighted by Crippen LogP contribution is 2.16. The second kappa shape index (κ2) is 5.93. The third kappa shape index (κ3) is 3.61. The maximum Gasteiger partial charge on any atom is 0.185 e. The average molecular weight is 319 g/mol. The third-order valence-corrected chi connectivity index (χ3v) is 3.21. The van der Waals surface area contributed by atoms with Crippen LogP contribution in [0.15, 0.2) is 53.0 Å². The minimum atomic E-state index is -0.359. The van der Waals surface area contributed by atoms with Crippen molar-refractivity contribution in [3.8, 4) is 0 Å². The molecule has 0 aliphatic rings. The lowest BCUT2D eigenvalue weighted by Gasteiger charge is -1.99. The monoisotopic (exact) mass is 318 g/mol. The molecule has 0 spiro atoms. The maximum absolute atomic E-state index is 13.6. The van der Waals surface area contributed by atoms with Gasteiger partial charge in [-0.2, -0.15) is 0 Å². The highest BCUT2D eigenvalue weighted by molar-refractivity contribution is 9.10. The Hall–Kier alpha value is -1.74. The fourth-order valence-corrected chi connectivity index (χ4v) is 1.95. The molecule has 2 aromatic carbocycles. The molecule has 0 heterocycles. The van der Waals surface area contributed by atoms with E-state index < -0.39 is 0 Å². The number of allylic oxidation sites excluding steroid dienone is 1. The lowest BCUT2D eigenvalue weighted by atomic mass is 10.1. The Morgan fingerprint density at radius 3 is 2.47 bits per heavy atom. The zero-order valence-electron chi connectivity index (χ0n) is 10.4. The molecule has 1 nitrogen and oxygen atoms in total. The van der Waals surface area contributed by atoms with Gasteiger partial charge in [0, 0.05) is 15.6 Å². The Morgan fingerprint density at radius 2 is 1.84 bits per heavy atom. The molecule has 0 saturated carbocycles. The Morgan fingerprint density at radius 1 is 1.16 bits per heavy atom. The summed E-state index contributed by atoms with van der Waals surface area (Å²) in [6.07, 6.45) is 2.88. The van der Waals surface area contributed by atoms with Crippen molar-refractivity contribution in [2.75, 3.05) is 0 Å². The van der Waals surface area contributed by atoms with Crippen molar-refractivity contribution in [2.24, 2.45) is 0 Å². The number of ketones is 1. The standard InChI is InChI=1S/C16H12BrFO/c1-11-2-4-13(5-3-11)16(19)9-7-12-6-8-14(17)10-15(12)18/h2-10H,1H3. The first-order valence-electron chi connectivity index (χ1n) is 5.80. The van der Waals surface area contributed by atoms with Crippen molar-refractivity contribution >= 4 is 27.8 Å². The number of hydrogen-bond donors (Lipinski definition) is 0. The van der Waals surface area contributed by atoms with Gasteiger partial charge in [-0.25, -0.2) is 4.39 Å². The number of benzene rings is 2. The van der Waals surface area contributed by atoms with Crippen molar-refractivity contribution in [3.63, 3.8) is 0 Å². The van der Waals surface area contributed by atoms with Gasteiger partial charge in [0.1, 0.15) is 5.82 Å². The van der Waals surface area contributed by atoms with E-state index in [4.69, 9.17) is 0 Å². The zero-order chi connectivity index (χ0) is 13.8. The molecule has 2 rings (SSSR count). The van der Waals surface area contributed by atoms with E-state index in [0.29, 0.717) is 15.6 Å². The number of halogens is 2. The molecule has 0 aromatic heterocycles. The summed E-state index contributed by atoms with van der Waals surface area (Å²) in [7, 11) is 0. The molecule has 19 heavy (non-hydrogen) atoms. The molecule has 0 N–H and O–H groups in total. The number of carbonyl (C=O) groups is 1. The third-order valence-electron chi connectivity index (χ3n) is 2.71. The van der Waals surface area contributed by atoms with Gasteiger partial charge in [-0.15, -0.1) is 0 Å². The van der Waals surface area contributed by atoms with E-state index >= 15 is 0 Å². The van der Waals surface area contributed by atoms with E-state index in [-0.39, 0.29) is 11.6 Å². The minimum absolute atomic E-state index is 0.137. The molecular weight excluding hydrogens is 307 g/mol. The Kier molecular flexibility index (Phi) is 4.27.